The van der Waals surface area contributed by atoms with Crippen molar-refractivity contribution in [2.75, 3.05) is 32.8 Å². The standard InChI is InChI=1S/C24H31N3O4/c1-17-5-10-20-22(25-17)30-21(16-29-20)19-8-6-18(7-9-19)15-26-11-13-27(14-12-26)23(28)31-24(2,3)4/h5-10,21H,11-16H2,1-4H3/t21-/m1/s1. The molecule has 31 heavy (non-hydrogen) atoms. The molecule has 0 unspecified atom stereocenters. The molecule has 7 nitrogen and oxygen atoms in total. The van der Waals surface area contributed by atoms with Gasteiger partial charge in [0.1, 0.15) is 12.2 Å². The molecule has 1 atom stereocenters. The van der Waals surface area contributed by atoms with Crippen LogP contribution >= 0.6 is 0 Å². The summed E-state index contributed by atoms with van der Waals surface area (Å²) >= 11 is 0. The van der Waals surface area contributed by atoms with Crippen molar-refractivity contribution in [3.63, 3.8) is 0 Å². The van der Waals surface area contributed by atoms with E-state index in [1.807, 2.05) is 39.8 Å². The highest BCUT2D eigenvalue weighted by Crippen LogP contribution is 2.34. The molecule has 2 aromatic rings. The van der Waals surface area contributed by atoms with E-state index in [9.17, 15) is 4.79 Å². The summed E-state index contributed by atoms with van der Waals surface area (Å²) < 4.78 is 17.4. The molecule has 0 radical (unpaired) electrons. The van der Waals surface area contributed by atoms with Gasteiger partial charge in [0, 0.05) is 38.4 Å². The number of carbonyl (C=O) groups excluding carboxylic acids is 1. The van der Waals surface area contributed by atoms with Crippen LogP contribution in [-0.2, 0) is 11.3 Å². The first-order valence-electron chi connectivity index (χ1n) is 10.8. The fraction of sp³-hybridized carbons (Fsp3) is 0.500. The number of aromatic nitrogens is 1. The van der Waals surface area contributed by atoms with E-state index in [1.54, 1.807) is 4.90 Å². The lowest BCUT2D eigenvalue weighted by atomic mass is 10.1. The normalized spacial score (nSPS) is 19.2. The summed E-state index contributed by atoms with van der Waals surface area (Å²) in [6.45, 7) is 12.0. The molecule has 0 aliphatic carbocycles. The van der Waals surface area contributed by atoms with Gasteiger partial charge >= 0.3 is 6.09 Å². The highest BCUT2D eigenvalue weighted by atomic mass is 16.6. The summed E-state index contributed by atoms with van der Waals surface area (Å²) in [6, 6.07) is 12.3. The quantitative estimate of drug-likeness (QED) is 0.742. The number of benzene rings is 1. The van der Waals surface area contributed by atoms with Crippen LogP contribution in [-0.4, -0.2) is 59.3 Å². The van der Waals surface area contributed by atoms with Crippen LogP contribution < -0.4 is 9.47 Å². The zero-order valence-electron chi connectivity index (χ0n) is 18.8. The van der Waals surface area contributed by atoms with E-state index in [4.69, 9.17) is 14.2 Å². The maximum Gasteiger partial charge on any atom is 0.410 e. The number of ether oxygens (including phenoxy) is 3. The van der Waals surface area contributed by atoms with E-state index < -0.39 is 5.60 Å². The number of pyridine rings is 1. The van der Waals surface area contributed by atoms with Gasteiger partial charge in [0.25, 0.3) is 5.88 Å². The third-order valence-corrected chi connectivity index (χ3v) is 5.39. The third-order valence-electron chi connectivity index (χ3n) is 5.39. The topological polar surface area (TPSA) is 64.1 Å². The Labute approximate surface area is 183 Å². The molecule has 3 heterocycles. The second-order valence-electron chi connectivity index (χ2n) is 9.16. The summed E-state index contributed by atoms with van der Waals surface area (Å²) in [5.74, 6) is 1.26. The van der Waals surface area contributed by atoms with Gasteiger partial charge in [-0.25, -0.2) is 9.78 Å². The Morgan fingerprint density at radius 1 is 1.10 bits per heavy atom. The lowest BCUT2D eigenvalue weighted by Crippen LogP contribution is -2.49. The number of hydrogen-bond acceptors (Lipinski definition) is 6. The van der Waals surface area contributed by atoms with Crippen molar-refractivity contribution in [1.82, 2.24) is 14.8 Å². The highest BCUT2D eigenvalue weighted by Gasteiger charge is 2.26. The summed E-state index contributed by atoms with van der Waals surface area (Å²) in [5.41, 5.74) is 2.76. The first-order chi connectivity index (χ1) is 14.8. The summed E-state index contributed by atoms with van der Waals surface area (Å²) in [7, 11) is 0. The zero-order chi connectivity index (χ0) is 22.0. The van der Waals surface area contributed by atoms with Gasteiger partial charge in [-0.15, -0.1) is 0 Å². The Hall–Kier alpha value is -2.80. The molecule has 1 amide bonds. The molecule has 1 aromatic carbocycles. The second kappa shape index (κ2) is 8.75. The molecule has 2 aliphatic heterocycles. The first-order valence-corrected chi connectivity index (χ1v) is 10.8. The van der Waals surface area contributed by atoms with E-state index in [0.717, 1.165) is 30.9 Å². The lowest BCUT2D eigenvalue weighted by Gasteiger charge is -2.35. The van der Waals surface area contributed by atoms with Gasteiger partial charge in [0.2, 0.25) is 0 Å². The molecule has 166 valence electrons. The smallest absolute Gasteiger partial charge is 0.410 e. The van der Waals surface area contributed by atoms with Crippen LogP contribution in [0.25, 0.3) is 0 Å². The van der Waals surface area contributed by atoms with E-state index in [2.05, 4.69) is 34.1 Å². The first kappa shape index (κ1) is 21.4. The van der Waals surface area contributed by atoms with Crippen LogP contribution in [0.2, 0.25) is 0 Å². The molecule has 4 rings (SSSR count). The Morgan fingerprint density at radius 2 is 1.81 bits per heavy atom. The van der Waals surface area contributed by atoms with Crippen LogP contribution in [0, 0.1) is 6.92 Å². The van der Waals surface area contributed by atoms with Crippen molar-refractivity contribution in [2.45, 2.75) is 45.9 Å². The Morgan fingerprint density at radius 3 is 2.48 bits per heavy atom. The van der Waals surface area contributed by atoms with E-state index in [-0.39, 0.29) is 12.2 Å². The second-order valence-corrected chi connectivity index (χ2v) is 9.16. The van der Waals surface area contributed by atoms with Crippen LogP contribution in [0.4, 0.5) is 4.79 Å². The third kappa shape index (κ3) is 5.47. The largest absolute Gasteiger partial charge is 0.484 e. The lowest BCUT2D eigenvalue weighted by molar-refractivity contribution is 0.0139. The maximum atomic E-state index is 12.2. The average Bonchev–Trinajstić information content (AvgIpc) is 2.73. The van der Waals surface area contributed by atoms with Gasteiger partial charge in [-0.3, -0.25) is 4.90 Å². The number of carbonyl (C=O) groups is 1. The Kier molecular flexibility index (Phi) is 6.05. The number of piperazine rings is 1. The van der Waals surface area contributed by atoms with Gasteiger partial charge in [0.15, 0.2) is 11.9 Å². The molecule has 0 bridgehead atoms. The summed E-state index contributed by atoms with van der Waals surface area (Å²) in [4.78, 5) is 20.8. The predicted molar refractivity (Wildman–Crippen MR) is 117 cm³/mol. The van der Waals surface area contributed by atoms with Crippen LogP contribution in [0.15, 0.2) is 36.4 Å². The maximum absolute atomic E-state index is 12.2. The number of hydrogen-bond donors (Lipinski definition) is 0. The van der Waals surface area contributed by atoms with Crippen LogP contribution in [0.5, 0.6) is 11.6 Å². The van der Waals surface area contributed by atoms with E-state index in [1.165, 1.54) is 5.56 Å². The van der Waals surface area contributed by atoms with Crippen LogP contribution in [0.3, 0.4) is 0 Å². The van der Waals surface area contributed by atoms with Gasteiger partial charge in [-0.05, 0) is 51.0 Å². The van der Waals surface area contributed by atoms with Gasteiger partial charge in [-0.2, -0.15) is 0 Å². The molecule has 7 heteroatoms. The molecule has 0 spiro atoms. The number of fused-ring (bicyclic) bond motifs is 1. The molecular weight excluding hydrogens is 394 g/mol. The van der Waals surface area contributed by atoms with Crippen molar-refractivity contribution >= 4 is 6.09 Å². The Balaban J connectivity index is 1.29. The van der Waals surface area contributed by atoms with Gasteiger partial charge in [-0.1, -0.05) is 24.3 Å². The minimum absolute atomic E-state index is 0.159. The molecule has 1 saturated heterocycles. The molecule has 0 N–H and O–H groups in total. The number of nitrogens with zero attached hydrogens (tertiary/aromatic N) is 3. The molecule has 1 fully saturated rings. The molecule has 0 saturated carbocycles. The number of aryl methyl sites for hydroxylation is 1. The fourth-order valence-corrected chi connectivity index (χ4v) is 3.72. The fourth-order valence-electron chi connectivity index (χ4n) is 3.72. The van der Waals surface area contributed by atoms with Crippen molar-refractivity contribution in [3.05, 3.63) is 53.2 Å². The minimum atomic E-state index is -0.458. The van der Waals surface area contributed by atoms with Crippen LogP contribution in [0.1, 0.15) is 43.7 Å². The molecular formula is C24H31N3O4. The van der Waals surface area contributed by atoms with Gasteiger partial charge in [0.05, 0.1) is 0 Å². The van der Waals surface area contributed by atoms with Crippen molar-refractivity contribution in [2.24, 2.45) is 0 Å². The monoisotopic (exact) mass is 425 g/mol. The number of rotatable bonds is 3. The highest BCUT2D eigenvalue weighted by molar-refractivity contribution is 5.68. The Bertz CT molecular complexity index is 915. The van der Waals surface area contributed by atoms with E-state index >= 15 is 0 Å². The molecule has 1 aromatic heterocycles. The predicted octanol–water partition coefficient (Wildman–Crippen LogP) is 3.96. The van der Waals surface area contributed by atoms with Crippen molar-refractivity contribution in [3.8, 4) is 11.6 Å². The van der Waals surface area contributed by atoms with E-state index in [0.29, 0.717) is 31.3 Å². The van der Waals surface area contributed by atoms with Crippen molar-refractivity contribution < 1.29 is 19.0 Å². The average molecular weight is 426 g/mol. The molecule has 2 aliphatic rings. The summed E-state index contributed by atoms with van der Waals surface area (Å²) in [6.07, 6.45) is -0.384. The SMILES string of the molecule is Cc1ccc2c(n1)O[C@@H](c1ccc(CN3CCN(C(=O)OC(C)(C)C)CC3)cc1)CO2. The van der Waals surface area contributed by atoms with Gasteiger partial charge < -0.3 is 19.1 Å². The number of amides is 1. The van der Waals surface area contributed by atoms with Crippen molar-refractivity contribution in [1.29, 1.82) is 0 Å². The summed E-state index contributed by atoms with van der Waals surface area (Å²) in [5, 5.41) is 0. The zero-order valence-corrected chi connectivity index (χ0v) is 18.8. The minimum Gasteiger partial charge on any atom is -0.484 e.